The van der Waals surface area contributed by atoms with Gasteiger partial charge in [-0.05, 0) is 50.3 Å². The number of sulfonamides is 1. The molecule has 1 aromatic carbocycles. The molecule has 1 fully saturated rings. The third-order valence-electron chi connectivity index (χ3n) is 4.58. The number of allylic oxidation sites excluding steroid dienone is 2. The van der Waals surface area contributed by atoms with Crippen LogP contribution in [0, 0.1) is 5.92 Å². The number of aliphatic carboxylic acids is 1. The van der Waals surface area contributed by atoms with E-state index < -0.39 is 34.1 Å². The summed E-state index contributed by atoms with van der Waals surface area (Å²) in [4.78, 5) is 10.5. The molecule has 3 atom stereocenters. The lowest BCUT2D eigenvalue weighted by molar-refractivity contribution is -0.137. The van der Waals surface area contributed by atoms with Crippen LogP contribution in [-0.4, -0.2) is 31.7 Å². The highest BCUT2D eigenvalue weighted by Gasteiger charge is 2.37. The van der Waals surface area contributed by atoms with Crippen molar-refractivity contribution in [2.45, 2.75) is 55.6 Å². The maximum absolute atomic E-state index is 14.2. The van der Waals surface area contributed by atoms with Gasteiger partial charge in [-0.25, -0.2) is 17.5 Å². The molecule has 9 heteroatoms. The fourth-order valence-corrected chi connectivity index (χ4v) is 4.84. The zero-order chi connectivity index (χ0) is 20.0. The molecule has 5 nitrogen and oxygen atoms in total. The van der Waals surface area contributed by atoms with E-state index in [1.807, 2.05) is 6.08 Å². The van der Waals surface area contributed by atoms with E-state index in [1.54, 1.807) is 6.08 Å². The number of carboxylic acid groups (broad SMARTS) is 1. The minimum atomic E-state index is -3.84. The van der Waals surface area contributed by atoms with Crippen LogP contribution in [0.1, 0.15) is 38.5 Å². The van der Waals surface area contributed by atoms with E-state index in [0.29, 0.717) is 32.1 Å². The Morgan fingerprint density at radius 3 is 2.67 bits per heavy atom. The molecule has 0 amide bonds. The van der Waals surface area contributed by atoms with Gasteiger partial charge in [0.1, 0.15) is 6.17 Å². The Morgan fingerprint density at radius 1 is 1.26 bits per heavy atom. The highest BCUT2D eigenvalue weighted by atomic mass is 35.5. The molecule has 0 aromatic heterocycles. The Morgan fingerprint density at radius 2 is 2.00 bits per heavy atom. The van der Waals surface area contributed by atoms with Crippen LogP contribution in [0.4, 0.5) is 4.39 Å². The molecule has 0 unspecified atom stereocenters. The van der Waals surface area contributed by atoms with Gasteiger partial charge in [0.2, 0.25) is 10.0 Å². The summed E-state index contributed by atoms with van der Waals surface area (Å²) >= 11 is 11.7. The average molecular weight is 438 g/mol. The number of benzene rings is 1. The van der Waals surface area contributed by atoms with Crippen molar-refractivity contribution in [3.05, 3.63) is 40.4 Å². The third kappa shape index (κ3) is 6.45. The molecule has 0 heterocycles. The largest absolute Gasteiger partial charge is 0.481 e. The van der Waals surface area contributed by atoms with Crippen molar-refractivity contribution in [3.63, 3.8) is 0 Å². The predicted octanol–water partition coefficient (Wildman–Crippen LogP) is 4.59. The molecule has 1 aliphatic rings. The molecule has 1 saturated carbocycles. The topological polar surface area (TPSA) is 83.5 Å². The zero-order valence-electron chi connectivity index (χ0n) is 14.6. The summed E-state index contributed by atoms with van der Waals surface area (Å²) in [6, 6.07) is 3.52. The lowest BCUT2D eigenvalue weighted by Gasteiger charge is -2.21. The summed E-state index contributed by atoms with van der Waals surface area (Å²) in [6.07, 6.45) is 4.83. The zero-order valence-corrected chi connectivity index (χ0v) is 16.9. The first-order chi connectivity index (χ1) is 12.7. The second-order valence-electron chi connectivity index (χ2n) is 6.55. The normalized spacial score (nSPS) is 23.1. The van der Waals surface area contributed by atoms with E-state index >= 15 is 0 Å². The average Bonchev–Trinajstić information content (AvgIpc) is 2.92. The van der Waals surface area contributed by atoms with Crippen LogP contribution in [0.3, 0.4) is 0 Å². The van der Waals surface area contributed by atoms with Crippen LogP contribution in [0.25, 0.3) is 0 Å². The van der Waals surface area contributed by atoms with Gasteiger partial charge in [0, 0.05) is 18.4 Å². The number of halogens is 3. The van der Waals surface area contributed by atoms with Gasteiger partial charge in [0.25, 0.3) is 0 Å². The first-order valence-electron chi connectivity index (χ1n) is 8.69. The Balaban J connectivity index is 1.98. The van der Waals surface area contributed by atoms with Crippen molar-refractivity contribution >= 4 is 39.2 Å². The lowest BCUT2D eigenvalue weighted by Crippen LogP contribution is -2.38. The summed E-state index contributed by atoms with van der Waals surface area (Å²) < 4.78 is 42.0. The molecule has 0 spiro atoms. The number of alkyl halides is 1. The summed E-state index contributed by atoms with van der Waals surface area (Å²) in [5, 5.41) is 8.98. The van der Waals surface area contributed by atoms with Gasteiger partial charge in [0.15, 0.2) is 0 Å². The van der Waals surface area contributed by atoms with E-state index in [2.05, 4.69) is 4.72 Å². The number of unbranched alkanes of at least 4 members (excludes halogenated alkanes) is 1. The molecule has 2 rings (SSSR count). The second-order valence-corrected chi connectivity index (χ2v) is 9.08. The molecule has 0 saturated heterocycles. The van der Waals surface area contributed by atoms with Crippen LogP contribution in [0.15, 0.2) is 35.2 Å². The van der Waals surface area contributed by atoms with E-state index in [0.717, 1.165) is 0 Å². The Kier molecular flexibility index (Phi) is 8.09. The summed E-state index contributed by atoms with van der Waals surface area (Å²) in [5.41, 5.74) is 0. The van der Waals surface area contributed by atoms with E-state index in [-0.39, 0.29) is 21.4 Å². The van der Waals surface area contributed by atoms with Crippen molar-refractivity contribution < 1.29 is 22.7 Å². The van der Waals surface area contributed by atoms with Gasteiger partial charge >= 0.3 is 5.97 Å². The molecule has 0 aliphatic heterocycles. The Bertz CT molecular complexity index is 801. The molecular formula is C18H22Cl2FNO4S. The monoisotopic (exact) mass is 437 g/mol. The minimum absolute atomic E-state index is 0.0119. The minimum Gasteiger partial charge on any atom is -0.481 e. The Hall–Kier alpha value is -1.15. The maximum atomic E-state index is 14.2. The third-order valence-corrected chi connectivity index (χ3v) is 6.81. The highest BCUT2D eigenvalue weighted by molar-refractivity contribution is 7.89. The summed E-state index contributed by atoms with van der Waals surface area (Å²) in [6.45, 7) is 0. The van der Waals surface area contributed by atoms with Crippen LogP contribution in [0.2, 0.25) is 10.0 Å². The van der Waals surface area contributed by atoms with Crippen LogP contribution >= 0.6 is 23.2 Å². The van der Waals surface area contributed by atoms with E-state index in [4.69, 9.17) is 28.3 Å². The number of nitrogens with one attached hydrogen (secondary N) is 1. The fourth-order valence-electron chi connectivity index (χ4n) is 3.13. The number of carbonyl (C=O) groups is 1. The molecular weight excluding hydrogens is 416 g/mol. The standard InChI is InChI=1S/C18H22Cl2FNO4S/c19-14-8-7-12(11-15(14)20)27(25,26)22-17-10-9-16(21)13(17)5-3-1-2-4-6-18(23)24/h1,3,7-8,11,13,16-17,22H,2,4-6,9-10H2,(H,23,24)/b3-1-/t13-,16+,17-/m0/s1. The Labute approximate surface area is 168 Å². The quantitative estimate of drug-likeness (QED) is 0.437. The smallest absolute Gasteiger partial charge is 0.303 e. The summed E-state index contributed by atoms with van der Waals surface area (Å²) in [7, 11) is -3.84. The van der Waals surface area contributed by atoms with Gasteiger partial charge in [-0.1, -0.05) is 35.4 Å². The predicted molar refractivity (Wildman–Crippen MR) is 103 cm³/mol. The van der Waals surface area contributed by atoms with Crippen molar-refractivity contribution in [2.75, 3.05) is 0 Å². The second kappa shape index (κ2) is 9.87. The van der Waals surface area contributed by atoms with E-state index in [1.165, 1.54) is 18.2 Å². The molecule has 0 bridgehead atoms. The molecule has 27 heavy (non-hydrogen) atoms. The molecule has 1 aliphatic carbocycles. The number of hydrogen-bond donors (Lipinski definition) is 2. The van der Waals surface area contributed by atoms with Crippen molar-refractivity contribution in [3.8, 4) is 0 Å². The number of hydrogen-bond acceptors (Lipinski definition) is 3. The van der Waals surface area contributed by atoms with Crippen LogP contribution in [-0.2, 0) is 14.8 Å². The van der Waals surface area contributed by atoms with Crippen molar-refractivity contribution in [1.29, 1.82) is 0 Å². The SMILES string of the molecule is O=C(O)CCC/C=C\C[C@H]1[C@H](F)CC[C@@H]1NS(=O)(=O)c1ccc(Cl)c(Cl)c1. The van der Waals surface area contributed by atoms with Gasteiger partial charge in [-0.2, -0.15) is 0 Å². The van der Waals surface area contributed by atoms with Crippen molar-refractivity contribution in [1.82, 2.24) is 4.72 Å². The van der Waals surface area contributed by atoms with Crippen molar-refractivity contribution in [2.24, 2.45) is 5.92 Å². The molecule has 1 aromatic rings. The fraction of sp³-hybridized carbons (Fsp3) is 0.500. The van der Waals surface area contributed by atoms with E-state index in [9.17, 15) is 17.6 Å². The number of carboxylic acids is 1. The maximum Gasteiger partial charge on any atom is 0.303 e. The van der Waals surface area contributed by atoms with Gasteiger partial charge in [-0.15, -0.1) is 0 Å². The lowest BCUT2D eigenvalue weighted by atomic mass is 9.98. The summed E-state index contributed by atoms with van der Waals surface area (Å²) in [5.74, 6) is -1.31. The molecule has 150 valence electrons. The molecule has 0 radical (unpaired) electrons. The van der Waals surface area contributed by atoms with Gasteiger partial charge in [0.05, 0.1) is 14.9 Å². The van der Waals surface area contributed by atoms with Gasteiger partial charge < -0.3 is 5.11 Å². The van der Waals surface area contributed by atoms with Crippen LogP contribution < -0.4 is 4.72 Å². The first kappa shape index (κ1) is 22.1. The number of rotatable bonds is 9. The molecule has 2 N–H and O–H groups in total. The highest BCUT2D eigenvalue weighted by Crippen LogP contribution is 2.33. The van der Waals surface area contributed by atoms with Gasteiger partial charge in [-0.3, -0.25) is 4.79 Å². The van der Waals surface area contributed by atoms with Crippen LogP contribution in [0.5, 0.6) is 0 Å². The first-order valence-corrected chi connectivity index (χ1v) is 10.9.